The zero-order valence-electron chi connectivity index (χ0n) is 12.2. The molecule has 0 saturated carbocycles. The maximum Gasteiger partial charge on any atom is 0.237 e. The Kier molecular flexibility index (Phi) is 4.47. The van der Waals surface area contributed by atoms with E-state index in [9.17, 15) is 14.4 Å². The van der Waals surface area contributed by atoms with Crippen LogP contribution in [0.5, 0.6) is 0 Å². The van der Waals surface area contributed by atoms with Gasteiger partial charge in [-0.25, -0.2) is 0 Å². The van der Waals surface area contributed by atoms with E-state index >= 15 is 0 Å². The standard InChI is InChI=1S/C16H15N3O3S/c20-13-5-7-17-9-11(13)18-15(21)6-8-19-12-3-1-2-4-14(12)23-10-16(19)22/h1-5,7,9H,6,8,10H2,(H,17,20)(H,18,21). The molecule has 0 bridgehead atoms. The topological polar surface area (TPSA) is 82.3 Å². The number of H-pyrrole nitrogens is 1. The van der Waals surface area contributed by atoms with Crippen molar-refractivity contribution >= 4 is 35.0 Å². The van der Waals surface area contributed by atoms with E-state index in [0.29, 0.717) is 5.75 Å². The Morgan fingerprint density at radius 3 is 2.91 bits per heavy atom. The van der Waals surface area contributed by atoms with Crippen LogP contribution in [0.25, 0.3) is 0 Å². The van der Waals surface area contributed by atoms with Gasteiger partial charge < -0.3 is 15.2 Å². The van der Waals surface area contributed by atoms with E-state index in [4.69, 9.17) is 0 Å². The van der Waals surface area contributed by atoms with Gasteiger partial charge in [-0.2, -0.15) is 0 Å². The largest absolute Gasteiger partial charge is 0.366 e. The monoisotopic (exact) mass is 329 g/mol. The summed E-state index contributed by atoms with van der Waals surface area (Å²) in [6.07, 6.45) is 3.07. The Morgan fingerprint density at radius 1 is 1.26 bits per heavy atom. The number of anilines is 2. The molecule has 0 atom stereocenters. The molecule has 1 aromatic carbocycles. The van der Waals surface area contributed by atoms with Crippen LogP contribution in [0.2, 0.25) is 0 Å². The zero-order chi connectivity index (χ0) is 16.2. The van der Waals surface area contributed by atoms with Gasteiger partial charge in [0, 0.05) is 36.3 Å². The summed E-state index contributed by atoms with van der Waals surface area (Å²) in [7, 11) is 0. The molecule has 0 aliphatic carbocycles. The van der Waals surface area contributed by atoms with Crippen LogP contribution in [0.15, 0.2) is 52.4 Å². The van der Waals surface area contributed by atoms with E-state index < -0.39 is 0 Å². The summed E-state index contributed by atoms with van der Waals surface area (Å²) in [5.74, 6) is 0.0565. The summed E-state index contributed by atoms with van der Waals surface area (Å²) in [5.41, 5.74) is 0.783. The van der Waals surface area contributed by atoms with Crippen LogP contribution in [-0.4, -0.2) is 29.1 Å². The number of para-hydroxylation sites is 1. The molecule has 2 aromatic rings. The fourth-order valence-electron chi connectivity index (χ4n) is 2.34. The number of aromatic amines is 1. The highest BCUT2D eigenvalue weighted by Gasteiger charge is 2.24. The lowest BCUT2D eigenvalue weighted by molar-refractivity contribution is -0.117. The molecule has 0 radical (unpaired) electrons. The first kappa shape index (κ1) is 15.4. The minimum atomic E-state index is -0.301. The van der Waals surface area contributed by atoms with Crippen molar-refractivity contribution in [3.63, 3.8) is 0 Å². The molecule has 0 fully saturated rings. The minimum absolute atomic E-state index is 0.0148. The SMILES string of the molecule is O=C(CCN1C(=O)CSc2ccccc21)Nc1c[nH]ccc1=O. The van der Waals surface area contributed by atoms with Crippen LogP contribution < -0.4 is 15.6 Å². The molecular weight excluding hydrogens is 314 g/mol. The number of rotatable bonds is 4. The van der Waals surface area contributed by atoms with E-state index in [1.807, 2.05) is 24.3 Å². The molecule has 0 saturated heterocycles. The number of aromatic nitrogens is 1. The summed E-state index contributed by atoms with van der Waals surface area (Å²) in [4.78, 5) is 41.1. The van der Waals surface area contributed by atoms with Crippen molar-refractivity contribution < 1.29 is 9.59 Å². The number of benzene rings is 1. The van der Waals surface area contributed by atoms with Gasteiger partial charge in [-0.3, -0.25) is 14.4 Å². The molecule has 23 heavy (non-hydrogen) atoms. The number of hydrogen-bond acceptors (Lipinski definition) is 4. The van der Waals surface area contributed by atoms with Crippen molar-refractivity contribution in [1.82, 2.24) is 4.98 Å². The highest BCUT2D eigenvalue weighted by molar-refractivity contribution is 8.00. The first-order valence-corrected chi connectivity index (χ1v) is 8.13. The Labute approximate surface area is 136 Å². The number of thioether (sulfide) groups is 1. The average molecular weight is 329 g/mol. The van der Waals surface area contributed by atoms with Gasteiger partial charge in [-0.05, 0) is 12.1 Å². The number of hydrogen-bond donors (Lipinski definition) is 2. The van der Waals surface area contributed by atoms with Crippen molar-refractivity contribution in [3.8, 4) is 0 Å². The molecule has 118 valence electrons. The number of carbonyl (C=O) groups is 2. The maximum absolute atomic E-state index is 12.1. The highest BCUT2D eigenvalue weighted by atomic mass is 32.2. The van der Waals surface area contributed by atoms with Crippen molar-refractivity contribution in [2.45, 2.75) is 11.3 Å². The number of pyridine rings is 1. The van der Waals surface area contributed by atoms with Gasteiger partial charge in [0.2, 0.25) is 17.2 Å². The summed E-state index contributed by atoms with van der Waals surface area (Å²) in [5, 5.41) is 2.56. The Balaban J connectivity index is 1.66. The lowest BCUT2D eigenvalue weighted by Gasteiger charge is -2.28. The molecule has 7 heteroatoms. The van der Waals surface area contributed by atoms with Crippen molar-refractivity contribution in [2.24, 2.45) is 0 Å². The zero-order valence-corrected chi connectivity index (χ0v) is 13.1. The number of fused-ring (bicyclic) bond motifs is 1. The van der Waals surface area contributed by atoms with E-state index in [0.717, 1.165) is 10.6 Å². The summed E-state index contributed by atoms with van der Waals surface area (Å²) in [6.45, 7) is 0.285. The molecule has 1 aliphatic heterocycles. The first-order valence-electron chi connectivity index (χ1n) is 7.14. The van der Waals surface area contributed by atoms with Crippen LogP contribution >= 0.6 is 11.8 Å². The Hall–Kier alpha value is -2.54. The number of nitrogens with zero attached hydrogens (tertiary/aromatic N) is 1. The second-order valence-electron chi connectivity index (χ2n) is 5.02. The van der Waals surface area contributed by atoms with E-state index in [2.05, 4.69) is 10.3 Å². The second kappa shape index (κ2) is 6.70. The molecule has 1 aliphatic rings. The number of nitrogens with one attached hydrogen (secondary N) is 2. The van der Waals surface area contributed by atoms with Crippen molar-refractivity contribution in [3.05, 3.63) is 52.9 Å². The van der Waals surface area contributed by atoms with Gasteiger partial charge in [0.1, 0.15) is 5.69 Å². The molecule has 2 amide bonds. The third kappa shape index (κ3) is 3.45. The predicted octanol–water partition coefficient (Wildman–Crippen LogP) is 1.84. The fraction of sp³-hybridized carbons (Fsp3) is 0.188. The molecular formula is C16H15N3O3S. The van der Waals surface area contributed by atoms with Crippen LogP contribution in [0.1, 0.15) is 6.42 Å². The van der Waals surface area contributed by atoms with Gasteiger partial charge in [-0.15, -0.1) is 11.8 Å². The molecule has 0 unspecified atom stereocenters. The molecule has 1 aromatic heterocycles. The fourth-order valence-corrected chi connectivity index (χ4v) is 3.27. The first-order chi connectivity index (χ1) is 11.1. The van der Waals surface area contributed by atoms with Gasteiger partial charge in [0.15, 0.2) is 0 Å². The van der Waals surface area contributed by atoms with Gasteiger partial charge in [-0.1, -0.05) is 12.1 Å². The van der Waals surface area contributed by atoms with Crippen LogP contribution in [0, 0.1) is 0 Å². The van der Waals surface area contributed by atoms with Crippen LogP contribution in [0.4, 0.5) is 11.4 Å². The lowest BCUT2D eigenvalue weighted by atomic mass is 10.2. The third-order valence-corrected chi connectivity index (χ3v) is 4.52. The highest BCUT2D eigenvalue weighted by Crippen LogP contribution is 2.34. The smallest absolute Gasteiger partial charge is 0.237 e. The normalized spacial score (nSPS) is 13.6. The number of carbonyl (C=O) groups excluding carboxylic acids is 2. The summed E-state index contributed by atoms with van der Waals surface area (Å²) < 4.78 is 0. The van der Waals surface area contributed by atoms with E-state index in [1.54, 1.807) is 4.90 Å². The van der Waals surface area contributed by atoms with Crippen LogP contribution in [-0.2, 0) is 9.59 Å². The van der Waals surface area contributed by atoms with Gasteiger partial charge in [0.05, 0.1) is 11.4 Å². The van der Waals surface area contributed by atoms with Crippen LogP contribution in [0.3, 0.4) is 0 Å². The third-order valence-electron chi connectivity index (χ3n) is 3.47. The molecule has 2 heterocycles. The second-order valence-corrected chi connectivity index (χ2v) is 6.04. The minimum Gasteiger partial charge on any atom is -0.366 e. The predicted molar refractivity (Wildman–Crippen MR) is 89.8 cm³/mol. The lowest BCUT2D eigenvalue weighted by Crippen LogP contribution is -2.37. The molecule has 3 rings (SSSR count). The quantitative estimate of drug-likeness (QED) is 0.897. The van der Waals surface area contributed by atoms with Crippen molar-refractivity contribution in [1.29, 1.82) is 0 Å². The molecule has 2 N–H and O–H groups in total. The van der Waals surface area contributed by atoms with E-state index in [1.165, 1.54) is 30.2 Å². The number of amides is 2. The molecule has 6 nitrogen and oxygen atoms in total. The molecule has 0 spiro atoms. The van der Waals surface area contributed by atoms with Crippen molar-refractivity contribution in [2.75, 3.05) is 22.5 Å². The van der Waals surface area contributed by atoms with Gasteiger partial charge >= 0.3 is 0 Å². The summed E-state index contributed by atoms with van der Waals surface area (Å²) >= 11 is 1.50. The van der Waals surface area contributed by atoms with Gasteiger partial charge in [0.25, 0.3) is 0 Å². The average Bonchev–Trinajstić information content (AvgIpc) is 2.56. The Bertz CT molecular complexity index is 803. The Morgan fingerprint density at radius 2 is 2.09 bits per heavy atom. The maximum atomic E-state index is 12.1. The van der Waals surface area contributed by atoms with E-state index in [-0.39, 0.29) is 35.9 Å². The summed E-state index contributed by atoms with van der Waals surface area (Å²) in [6, 6.07) is 8.97.